The van der Waals surface area contributed by atoms with E-state index in [0.29, 0.717) is 32.6 Å². The molecule has 11 heteroatoms. The monoisotopic (exact) mass is 591 g/mol. The number of nitriles is 1. The minimum atomic E-state index is -1.68. The van der Waals surface area contributed by atoms with Crippen molar-refractivity contribution in [1.82, 2.24) is 15.1 Å². The molecule has 4 atom stereocenters. The van der Waals surface area contributed by atoms with Gasteiger partial charge in [0, 0.05) is 48.7 Å². The fraction of sp³-hybridized carbons (Fsp3) is 0.483. The first-order valence-electron chi connectivity index (χ1n) is 13.1. The second-order valence-corrected chi connectivity index (χ2v) is 12.6. The van der Waals surface area contributed by atoms with Crippen LogP contribution in [-0.4, -0.2) is 66.4 Å². The van der Waals surface area contributed by atoms with Gasteiger partial charge in [0.05, 0.1) is 23.7 Å². The molecular weight excluding hydrogens is 559 g/mol. The quantitative estimate of drug-likeness (QED) is 0.523. The minimum Gasteiger partial charge on any atom is -0.369 e. The molecule has 2 aromatic carbocycles. The Labute approximate surface area is 243 Å². The van der Waals surface area contributed by atoms with E-state index in [9.17, 15) is 14.9 Å². The first kappa shape index (κ1) is 30.2. The highest BCUT2D eigenvalue weighted by atomic mass is 35.5. The minimum absolute atomic E-state index is 0.0344. The lowest BCUT2D eigenvalue weighted by molar-refractivity contribution is -0.135. The van der Waals surface area contributed by atoms with E-state index in [1.807, 2.05) is 25.7 Å². The molecule has 0 aliphatic carbocycles. The summed E-state index contributed by atoms with van der Waals surface area (Å²) in [5.74, 6) is -3.38. The van der Waals surface area contributed by atoms with Crippen molar-refractivity contribution >= 4 is 35.0 Å². The van der Waals surface area contributed by atoms with Gasteiger partial charge >= 0.3 is 0 Å². The highest BCUT2D eigenvalue weighted by molar-refractivity contribution is 6.31. The van der Waals surface area contributed by atoms with Crippen molar-refractivity contribution in [3.8, 4) is 6.07 Å². The number of nitrogens with one attached hydrogen (secondary N) is 1. The summed E-state index contributed by atoms with van der Waals surface area (Å²) in [4.78, 5) is 29.0. The van der Waals surface area contributed by atoms with Crippen LogP contribution in [0.5, 0.6) is 0 Å². The molecule has 2 amide bonds. The molecule has 2 aromatic rings. The van der Waals surface area contributed by atoms with Gasteiger partial charge in [0.25, 0.3) is 0 Å². The smallest absolute Gasteiger partial charge is 0.240 e. The van der Waals surface area contributed by atoms with Gasteiger partial charge in [-0.05, 0) is 35.6 Å². The predicted octanol–water partition coefficient (Wildman–Crippen LogP) is 4.22. The Hall–Kier alpha value is -2.77. The van der Waals surface area contributed by atoms with Gasteiger partial charge < -0.3 is 16.0 Å². The molecule has 2 aliphatic rings. The first-order valence-corrected chi connectivity index (χ1v) is 13.9. The summed E-state index contributed by atoms with van der Waals surface area (Å²) in [7, 11) is 0. The molecule has 2 heterocycles. The van der Waals surface area contributed by atoms with Crippen molar-refractivity contribution in [3.05, 3.63) is 69.2 Å². The van der Waals surface area contributed by atoms with Gasteiger partial charge in [0.1, 0.15) is 17.0 Å². The zero-order valence-electron chi connectivity index (χ0n) is 22.7. The lowest BCUT2D eigenvalue weighted by Crippen LogP contribution is -2.55. The molecule has 7 nitrogen and oxygen atoms in total. The molecule has 4 unspecified atom stereocenters. The Morgan fingerprint density at radius 1 is 1.15 bits per heavy atom. The van der Waals surface area contributed by atoms with E-state index in [0.717, 1.165) is 6.07 Å². The molecule has 0 aromatic heterocycles. The van der Waals surface area contributed by atoms with Crippen molar-refractivity contribution in [1.29, 1.82) is 5.26 Å². The zero-order chi connectivity index (χ0) is 29.4. The van der Waals surface area contributed by atoms with Gasteiger partial charge in [0.15, 0.2) is 0 Å². The SMILES string of the molecule is CC(C)(C)CC1NC(C(=O)N2CCN(CC(N)=O)CC2)C(c2cccc(Cl)c2F)C1(C#N)c1ccc(Cl)cc1F. The number of rotatable bonds is 6. The number of piperazine rings is 1. The van der Waals surface area contributed by atoms with Gasteiger partial charge in [-0.15, -0.1) is 0 Å². The van der Waals surface area contributed by atoms with Crippen molar-refractivity contribution < 1.29 is 18.4 Å². The topological polar surface area (TPSA) is 102 Å². The number of hydrogen-bond donors (Lipinski definition) is 2. The van der Waals surface area contributed by atoms with E-state index < -0.39 is 41.0 Å². The van der Waals surface area contributed by atoms with E-state index in [-0.39, 0.29) is 39.0 Å². The van der Waals surface area contributed by atoms with Crippen molar-refractivity contribution in [2.24, 2.45) is 11.1 Å². The van der Waals surface area contributed by atoms with Crippen LogP contribution in [0.2, 0.25) is 10.0 Å². The predicted molar refractivity (Wildman–Crippen MR) is 150 cm³/mol. The Kier molecular flexibility index (Phi) is 8.77. The fourth-order valence-electron chi connectivity index (χ4n) is 6.09. The molecule has 214 valence electrons. The van der Waals surface area contributed by atoms with Crippen molar-refractivity contribution in [2.75, 3.05) is 32.7 Å². The maximum absolute atomic E-state index is 15.8. The Morgan fingerprint density at radius 3 is 2.40 bits per heavy atom. The number of amides is 2. The third-order valence-electron chi connectivity index (χ3n) is 7.78. The van der Waals surface area contributed by atoms with E-state index >= 15 is 8.78 Å². The fourth-order valence-corrected chi connectivity index (χ4v) is 6.43. The molecule has 3 N–H and O–H groups in total. The summed E-state index contributed by atoms with van der Waals surface area (Å²) in [6, 6.07) is 9.09. The number of carbonyl (C=O) groups excluding carboxylic acids is 2. The van der Waals surface area contributed by atoms with Crippen LogP contribution >= 0.6 is 23.2 Å². The Balaban J connectivity index is 1.87. The molecule has 0 saturated carbocycles. The second-order valence-electron chi connectivity index (χ2n) is 11.8. The number of carbonyl (C=O) groups is 2. The van der Waals surface area contributed by atoms with Crippen molar-refractivity contribution in [3.63, 3.8) is 0 Å². The molecule has 0 bridgehead atoms. The maximum atomic E-state index is 15.8. The summed E-state index contributed by atoms with van der Waals surface area (Å²) in [5.41, 5.74) is 3.40. The summed E-state index contributed by atoms with van der Waals surface area (Å²) in [6.07, 6.45) is 0.386. The van der Waals surface area contributed by atoms with E-state index in [1.54, 1.807) is 11.0 Å². The van der Waals surface area contributed by atoms with Gasteiger partial charge in [-0.2, -0.15) is 5.26 Å². The Bertz CT molecular complexity index is 1340. The average molecular weight is 593 g/mol. The second kappa shape index (κ2) is 11.6. The van der Waals surface area contributed by atoms with Gasteiger partial charge in [-0.25, -0.2) is 8.78 Å². The molecular formula is C29H33Cl2F2N5O2. The molecule has 2 aliphatic heterocycles. The molecule has 0 radical (unpaired) electrons. The molecule has 0 spiro atoms. The summed E-state index contributed by atoms with van der Waals surface area (Å²) >= 11 is 12.3. The maximum Gasteiger partial charge on any atom is 0.240 e. The van der Waals surface area contributed by atoms with Crippen LogP contribution in [0, 0.1) is 28.4 Å². The first-order chi connectivity index (χ1) is 18.8. The van der Waals surface area contributed by atoms with E-state index in [4.69, 9.17) is 28.9 Å². The summed E-state index contributed by atoms with van der Waals surface area (Å²) < 4.78 is 31.5. The molecule has 2 fully saturated rings. The van der Waals surface area contributed by atoms with Crippen molar-refractivity contribution in [2.45, 2.75) is 50.6 Å². The molecule has 40 heavy (non-hydrogen) atoms. The highest BCUT2D eigenvalue weighted by Gasteiger charge is 2.61. The number of benzene rings is 2. The number of halogens is 4. The van der Waals surface area contributed by atoms with Crippen LogP contribution < -0.4 is 11.1 Å². The van der Waals surface area contributed by atoms with E-state index in [1.165, 1.54) is 24.3 Å². The molecule has 2 saturated heterocycles. The summed E-state index contributed by atoms with van der Waals surface area (Å²) in [6.45, 7) is 7.52. The number of hydrogen-bond acceptors (Lipinski definition) is 5. The Morgan fingerprint density at radius 2 is 1.82 bits per heavy atom. The lowest BCUT2D eigenvalue weighted by atomic mass is 9.62. The van der Waals surface area contributed by atoms with Crippen LogP contribution in [0.3, 0.4) is 0 Å². The van der Waals surface area contributed by atoms with Crippen LogP contribution in [0.25, 0.3) is 0 Å². The standard InChI is InChI=1S/C29H33Cl2F2N5O2/c1-28(2,3)14-22-29(16-34,19-8-7-17(30)13-21(19)32)24(18-5-4-6-20(31)25(18)33)26(36-22)27(40)38-11-9-37(10-12-38)15-23(35)39/h4-8,13,22,24,26,36H,9-12,14-15H2,1-3H3,(H2,35,39). The number of primary amides is 1. The number of nitrogens with zero attached hydrogens (tertiary/aromatic N) is 3. The van der Waals surface area contributed by atoms with Gasteiger partial charge in [0.2, 0.25) is 11.8 Å². The number of nitrogens with two attached hydrogens (primary N) is 1. The average Bonchev–Trinajstić information content (AvgIpc) is 3.18. The van der Waals surface area contributed by atoms with Gasteiger partial charge in [-0.1, -0.05) is 62.2 Å². The lowest BCUT2D eigenvalue weighted by Gasteiger charge is -2.38. The van der Waals surface area contributed by atoms with Crippen LogP contribution in [-0.2, 0) is 15.0 Å². The normalized spacial score (nSPS) is 25.6. The third-order valence-corrected chi connectivity index (χ3v) is 8.31. The largest absolute Gasteiger partial charge is 0.369 e. The van der Waals surface area contributed by atoms with Gasteiger partial charge in [-0.3, -0.25) is 14.5 Å². The molecule has 4 rings (SSSR count). The van der Waals surface area contributed by atoms with Crippen LogP contribution in [0.15, 0.2) is 36.4 Å². The van der Waals surface area contributed by atoms with Crippen LogP contribution in [0.1, 0.15) is 44.2 Å². The zero-order valence-corrected chi connectivity index (χ0v) is 24.2. The third kappa shape index (κ3) is 5.82. The van der Waals surface area contributed by atoms with E-state index in [2.05, 4.69) is 11.4 Å². The summed E-state index contributed by atoms with van der Waals surface area (Å²) in [5, 5.41) is 14.3. The van der Waals surface area contributed by atoms with Crippen LogP contribution in [0.4, 0.5) is 8.78 Å². The highest BCUT2D eigenvalue weighted by Crippen LogP contribution is 2.53.